The molecule has 0 aliphatic heterocycles. The van der Waals surface area contributed by atoms with Crippen LogP contribution in [0, 0.1) is 0 Å². The molecule has 0 spiro atoms. The summed E-state index contributed by atoms with van der Waals surface area (Å²) in [5, 5.41) is 0. The lowest BCUT2D eigenvalue weighted by Gasteiger charge is -2.18. The molecule has 1 atom stereocenters. The Bertz CT molecular complexity index is 991. The number of hydrogen-bond acceptors (Lipinski definition) is 6. The van der Waals surface area contributed by atoms with Crippen molar-refractivity contribution in [3.63, 3.8) is 0 Å². The van der Waals surface area contributed by atoms with E-state index < -0.39 is 32.5 Å². The van der Waals surface area contributed by atoms with Gasteiger partial charge < -0.3 is 19.3 Å². The first kappa shape index (κ1) is 54.3. The summed E-state index contributed by atoms with van der Waals surface area (Å²) in [6, 6.07) is 0. The van der Waals surface area contributed by atoms with E-state index >= 15 is 0 Å². The summed E-state index contributed by atoms with van der Waals surface area (Å²) in [5.41, 5.74) is 0. The molecule has 0 aliphatic rings. The van der Waals surface area contributed by atoms with Crippen LogP contribution < -0.4 is 0 Å². The lowest BCUT2D eigenvalue weighted by Crippen LogP contribution is -2.29. The second-order valence-corrected chi connectivity index (χ2v) is 17.0. The number of rotatable bonds is 44. The van der Waals surface area contributed by atoms with Gasteiger partial charge in [0.25, 0.3) is 0 Å². The standard InChI is InChI=1S/C47H87O8P/c1-3-5-7-9-11-13-15-17-19-20-21-22-23-24-25-26-28-29-31-33-35-37-39-41-46(48)53-43-45(44-54-56(50,51)52)55-47(49)42-40-38-36-34-32-30-27-18-16-14-12-10-8-6-4-2/h4,26,28,33,35,45H,2-3,5-25,27,29-32,34,36-44H2,1H3,(H2,50,51,52)/b28-26+,35-33+/t45-/m1/s1. The fourth-order valence-electron chi connectivity index (χ4n) is 6.79. The van der Waals surface area contributed by atoms with Gasteiger partial charge in [-0.15, -0.1) is 6.58 Å². The molecule has 328 valence electrons. The second kappa shape index (κ2) is 42.9. The molecule has 0 amide bonds. The summed E-state index contributed by atoms with van der Waals surface area (Å²) < 4.78 is 26.4. The van der Waals surface area contributed by atoms with Gasteiger partial charge in [-0.2, -0.15) is 0 Å². The van der Waals surface area contributed by atoms with E-state index in [2.05, 4.69) is 42.3 Å². The molecular formula is C47H87O8P. The van der Waals surface area contributed by atoms with Crippen molar-refractivity contribution < 1.29 is 37.9 Å². The predicted molar refractivity (Wildman–Crippen MR) is 235 cm³/mol. The number of phosphoric acid groups is 1. The number of ether oxygens (including phenoxy) is 2. The zero-order valence-corrected chi connectivity index (χ0v) is 37.0. The highest BCUT2D eigenvalue weighted by atomic mass is 31.2. The average Bonchev–Trinajstić information content (AvgIpc) is 3.17. The van der Waals surface area contributed by atoms with Crippen molar-refractivity contribution in [1.82, 2.24) is 0 Å². The number of phosphoric ester groups is 1. The topological polar surface area (TPSA) is 119 Å². The Kier molecular flexibility index (Phi) is 41.5. The number of carbonyl (C=O) groups is 2. The number of allylic oxidation sites excluding steroid dienone is 5. The molecule has 9 heteroatoms. The molecule has 0 aromatic rings. The molecule has 0 heterocycles. The van der Waals surface area contributed by atoms with Gasteiger partial charge in [0.15, 0.2) is 6.10 Å². The van der Waals surface area contributed by atoms with Crippen LogP contribution in [0.2, 0.25) is 0 Å². The Morgan fingerprint density at radius 1 is 0.500 bits per heavy atom. The Balaban J connectivity index is 3.87. The maximum absolute atomic E-state index is 12.4. The summed E-state index contributed by atoms with van der Waals surface area (Å²) >= 11 is 0. The van der Waals surface area contributed by atoms with Crippen molar-refractivity contribution >= 4 is 19.8 Å². The molecule has 0 aromatic carbocycles. The maximum Gasteiger partial charge on any atom is 0.469 e. The van der Waals surface area contributed by atoms with Crippen molar-refractivity contribution in [2.75, 3.05) is 13.2 Å². The van der Waals surface area contributed by atoms with Gasteiger partial charge in [-0.25, -0.2) is 4.57 Å². The highest BCUT2D eigenvalue weighted by Crippen LogP contribution is 2.36. The third-order valence-electron chi connectivity index (χ3n) is 10.3. The van der Waals surface area contributed by atoms with Crippen molar-refractivity contribution in [2.24, 2.45) is 0 Å². The fraction of sp³-hybridized carbons (Fsp3) is 0.830. The normalized spacial score (nSPS) is 12.5. The molecule has 2 N–H and O–H groups in total. The van der Waals surface area contributed by atoms with Gasteiger partial charge in [0, 0.05) is 12.8 Å². The Morgan fingerprint density at radius 3 is 1.32 bits per heavy atom. The minimum absolute atomic E-state index is 0.203. The SMILES string of the molecule is C=CCCCCCCCCCCCCCCCC(=O)O[C@H](COC(=O)CCC/C=C/CC/C=C/CCCCCCCCCCCCCCCC)COP(=O)(O)O. The van der Waals surface area contributed by atoms with Gasteiger partial charge in [-0.3, -0.25) is 14.1 Å². The molecule has 0 bridgehead atoms. The lowest BCUT2D eigenvalue weighted by molar-refractivity contribution is -0.161. The molecule has 0 fully saturated rings. The monoisotopic (exact) mass is 811 g/mol. The van der Waals surface area contributed by atoms with Crippen molar-refractivity contribution in [3.8, 4) is 0 Å². The van der Waals surface area contributed by atoms with E-state index in [9.17, 15) is 14.2 Å². The lowest BCUT2D eigenvalue weighted by atomic mass is 10.0. The minimum atomic E-state index is -4.76. The maximum atomic E-state index is 12.4. The summed E-state index contributed by atoms with van der Waals surface area (Å²) in [4.78, 5) is 42.9. The number of hydrogen-bond donors (Lipinski definition) is 2. The van der Waals surface area contributed by atoms with Crippen molar-refractivity contribution in [2.45, 2.75) is 238 Å². The smallest absolute Gasteiger partial charge is 0.462 e. The van der Waals surface area contributed by atoms with E-state index in [0.29, 0.717) is 12.8 Å². The van der Waals surface area contributed by atoms with Crippen LogP contribution in [-0.4, -0.2) is 41.0 Å². The third kappa shape index (κ3) is 45.0. The molecule has 0 unspecified atom stereocenters. The summed E-state index contributed by atoms with van der Waals surface area (Å²) in [5.74, 6) is -0.930. The molecule has 0 aliphatic carbocycles. The molecule has 0 saturated carbocycles. The zero-order valence-electron chi connectivity index (χ0n) is 36.1. The van der Waals surface area contributed by atoms with Crippen LogP contribution in [0.4, 0.5) is 0 Å². The molecule has 0 aromatic heterocycles. The Morgan fingerprint density at radius 2 is 0.875 bits per heavy atom. The van der Waals surface area contributed by atoms with E-state index in [4.69, 9.17) is 19.3 Å². The Hall–Kier alpha value is -1.73. The quantitative estimate of drug-likeness (QED) is 0.0270. The highest BCUT2D eigenvalue weighted by Gasteiger charge is 2.22. The molecule has 0 saturated heterocycles. The first-order chi connectivity index (χ1) is 27.3. The van der Waals surface area contributed by atoms with Crippen LogP contribution in [0.1, 0.15) is 232 Å². The first-order valence-corrected chi connectivity index (χ1v) is 24.8. The first-order valence-electron chi connectivity index (χ1n) is 23.2. The predicted octanol–water partition coefficient (Wildman–Crippen LogP) is 14.5. The molecule has 56 heavy (non-hydrogen) atoms. The van der Waals surface area contributed by atoms with E-state index in [1.807, 2.05) is 6.08 Å². The average molecular weight is 811 g/mol. The Labute approximate surface area is 344 Å². The number of unbranched alkanes of at least 4 members (excludes halogenated alkanes) is 29. The van der Waals surface area contributed by atoms with Gasteiger partial charge in [0.2, 0.25) is 0 Å². The van der Waals surface area contributed by atoms with E-state index in [0.717, 1.165) is 51.4 Å². The van der Waals surface area contributed by atoms with Gasteiger partial charge in [0.1, 0.15) is 6.61 Å². The van der Waals surface area contributed by atoms with Crippen LogP contribution in [0.25, 0.3) is 0 Å². The number of carbonyl (C=O) groups excluding carboxylic acids is 2. The summed E-state index contributed by atoms with van der Waals surface area (Å²) in [7, 11) is -4.76. The minimum Gasteiger partial charge on any atom is -0.462 e. The van der Waals surface area contributed by atoms with Crippen molar-refractivity contribution in [3.05, 3.63) is 37.0 Å². The van der Waals surface area contributed by atoms with E-state index in [1.165, 1.54) is 148 Å². The van der Waals surface area contributed by atoms with Crippen LogP contribution >= 0.6 is 7.82 Å². The van der Waals surface area contributed by atoms with Crippen LogP contribution in [0.3, 0.4) is 0 Å². The van der Waals surface area contributed by atoms with E-state index in [1.54, 1.807) is 0 Å². The van der Waals surface area contributed by atoms with Gasteiger partial charge in [0.05, 0.1) is 6.61 Å². The molecule has 0 rings (SSSR count). The van der Waals surface area contributed by atoms with Gasteiger partial charge >= 0.3 is 19.8 Å². The highest BCUT2D eigenvalue weighted by molar-refractivity contribution is 7.46. The largest absolute Gasteiger partial charge is 0.469 e. The van der Waals surface area contributed by atoms with Gasteiger partial charge in [-0.05, 0) is 57.8 Å². The second-order valence-electron chi connectivity index (χ2n) is 15.8. The van der Waals surface area contributed by atoms with Gasteiger partial charge in [-0.1, -0.05) is 191 Å². The van der Waals surface area contributed by atoms with Crippen LogP contribution in [0.5, 0.6) is 0 Å². The number of esters is 2. The van der Waals surface area contributed by atoms with Crippen LogP contribution in [-0.2, 0) is 28.2 Å². The molecular weight excluding hydrogens is 723 g/mol. The summed E-state index contributed by atoms with van der Waals surface area (Å²) in [6.45, 7) is 5.20. The van der Waals surface area contributed by atoms with Crippen molar-refractivity contribution in [1.29, 1.82) is 0 Å². The molecule has 8 nitrogen and oxygen atoms in total. The summed E-state index contributed by atoms with van der Waals surface area (Å²) in [6.07, 6.45) is 50.7. The fourth-order valence-corrected chi connectivity index (χ4v) is 7.15. The third-order valence-corrected chi connectivity index (χ3v) is 10.7. The molecule has 0 radical (unpaired) electrons. The zero-order chi connectivity index (χ0) is 41.1. The van der Waals surface area contributed by atoms with E-state index in [-0.39, 0.29) is 19.4 Å². The van der Waals surface area contributed by atoms with Crippen LogP contribution in [0.15, 0.2) is 37.0 Å².